The summed E-state index contributed by atoms with van der Waals surface area (Å²) in [5, 5.41) is 0. The maximum Gasteiger partial charge on any atom is 0.104 e. The molecule has 17 heavy (non-hydrogen) atoms. The predicted molar refractivity (Wildman–Crippen MR) is 66.3 cm³/mol. The molecule has 0 N–H and O–H groups in total. The molecule has 1 atom stereocenters. The van der Waals surface area contributed by atoms with E-state index in [2.05, 4.69) is 6.92 Å². The van der Waals surface area contributed by atoms with Crippen molar-refractivity contribution < 1.29 is 18.9 Å². The summed E-state index contributed by atoms with van der Waals surface area (Å²) in [7, 11) is 0. The van der Waals surface area contributed by atoms with Crippen molar-refractivity contribution in [2.24, 2.45) is 0 Å². The highest BCUT2D eigenvalue weighted by molar-refractivity contribution is 4.66. The average Bonchev–Trinajstić information content (AvgIpc) is 3.15. The van der Waals surface area contributed by atoms with Gasteiger partial charge in [0.05, 0.1) is 39.6 Å². The molecule has 0 bridgehead atoms. The molecule has 0 aliphatic carbocycles. The summed E-state index contributed by atoms with van der Waals surface area (Å²) in [4.78, 5) is 0. The van der Waals surface area contributed by atoms with E-state index < -0.39 is 0 Å². The van der Waals surface area contributed by atoms with Crippen LogP contribution in [0, 0.1) is 0 Å². The van der Waals surface area contributed by atoms with Crippen molar-refractivity contribution in [2.75, 3.05) is 46.2 Å². The first-order valence-corrected chi connectivity index (χ1v) is 6.78. The molecule has 0 spiro atoms. The SMILES string of the molecule is CCCCCCOCCOCCOCC1CO1. The topological polar surface area (TPSA) is 40.2 Å². The maximum atomic E-state index is 5.45. The van der Waals surface area contributed by atoms with E-state index >= 15 is 0 Å². The van der Waals surface area contributed by atoms with Crippen LogP contribution in [0.15, 0.2) is 0 Å². The fourth-order valence-corrected chi connectivity index (χ4v) is 1.45. The molecule has 1 fully saturated rings. The molecule has 0 radical (unpaired) electrons. The maximum absolute atomic E-state index is 5.45. The number of epoxide rings is 1. The smallest absolute Gasteiger partial charge is 0.104 e. The van der Waals surface area contributed by atoms with E-state index in [1.807, 2.05) is 0 Å². The molecule has 4 nitrogen and oxygen atoms in total. The summed E-state index contributed by atoms with van der Waals surface area (Å²) < 4.78 is 21.2. The highest BCUT2D eigenvalue weighted by Gasteiger charge is 2.21. The molecule has 0 aromatic rings. The van der Waals surface area contributed by atoms with Crippen LogP contribution in [-0.4, -0.2) is 52.4 Å². The molecule has 102 valence electrons. The Morgan fingerprint density at radius 3 is 2.18 bits per heavy atom. The van der Waals surface area contributed by atoms with Gasteiger partial charge in [-0.25, -0.2) is 0 Å². The monoisotopic (exact) mass is 246 g/mol. The molecule has 0 aromatic carbocycles. The van der Waals surface area contributed by atoms with Gasteiger partial charge in [-0.15, -0.1) is 0 Å². The highest BCUT2D eigenvalue weighted by Crippen LogP contribution is 2.07. The third kappa shape index (κ3) is 10.7. The Bertz CT molecular complexity index is 159. The first kappa shape index (κ1) is 14.9. The number of ether oxygens (including phenoxy) is 4. The second-order valence-corrected chi connectivity index (χ2v) is 4.32. The van der Waals surface area contributed by atoms with Crippen molar-refractivity contribution in [2.45, 2.75) is 38.7 Å². The zero-order valence-corrected chi connectivity index (χ0v) is 11.0. The van der Waals surface area contributed by atoms with Gasteiger partial charge >= 0.3 is 0 Å². The van der Waals surface area contributed by atoms with Gasteiger partial charge in [-0.1, -0.05) is 26.2 Å². The Balaban J connectivity index is 1.61. The van der Waals surface area contributed by atoms with Gasteiger partial charge < -0.3 is 18.9 Å². The second kappa shape index (κ2) is 11.0. The van der Waals surface area contributed by atoms with Crippen LogP contribution in [0.1, 0.15) is 32.6 Å². The normalized spacial score (nSPS) is 18.5. The Kier molecular flexibility index (Phi) is 9.61. The van der Waals surface area contributed by atoms with E-state index in [4.69, 9.17) is 18.9 Å². The minimum absolute atomic E-state index is 0.349. The minimum atomic E-state index is 0.349. The van der Waals surface area contributed by atoms with Crippen LogP contribution in [-0.2, 0) is 18.9 Å². The van der Waals surface area contributed by atoms with E-state index in [1.54, 1.807) is 0 Å². The molecule has 0 saturated carbocycles. The molecule has 1 aliphatic rings. The van der Waals surface area contributed by atoms with Crippen LogP contribution in [0.25, 0.3) is 0 Å². The molecular weight excluding hydrogens is 220 g/mol. The lowest BCUT2D eigenvalue weighted by molar-refractivity contribution is 0.0112. The van der Waals surface area contributed by atoms with Crippen LogP contribution in [0.3, 0.4) is 0 Å². The minimum Gasteiger partial charge on any atom is -0.379 e. The molecule has 4 heteroatoms. The molecule has 0 amide bonds. The van der Waals surface area contributed by atoms with Crippen LogP contribution in [0.4, 0.5) is 0 Å². The lowest BCUT2D eigenvalue weighted by Gasteiger charge is -2.06. The molecule has 0 aromatic heterocycles. The highest BCUT2D eigenvalue weighted by atomic mass is 16.6. The molecule has 1 heterocycles. The van der Waals surface area contributed by atoms with E-state index in [0.717, 1.165) is 13.2 Å². The van der Waals surface area contributed by atoms with Crippen molar-refractivity contribution in [3.63, 3.8) is 0 Å². The van der Waals surface area contributed by atoms with Crippen LogP contribution >= 0.6 is 0 Å². The summed E-state index contributed by atoms with van der Waals surface area (Å²) in [5.41, 5.74) is 0. The zero-order chi connectivity index (χ0) is 12.2. The summed E-state index contributed by atoms with van der Waals surface area (Å²) in [6.07, 6.45) is 5.37. The summed E-state index contributed by atoms with van der Waals surface area (Å²) in [5.74, 6) is 0. The van der Waals surface area contributed by atoms with Crippen LogP contribution in [0.5, 0.6) is 0 Å². The number of rotatable bonds is 13. The van der Waals surface area contributed by atoms with Gasteiger partial charge in [0, 0.05) is 6.61 Å². The van der Waals surface area contributed by atoms with Crippen molar-refractivity contribution >= 4 is 0 Å². The molecular formula is C13H26O4. The van der Waals surface area contributed by atoms with E-state index in [0.29, 0.717) is 39.1 Å². The van der Waals surface area contributed by atoms with Gasteiger partial charge in [0.2, 0.25) is 0 Å². The predicted octanol–water partition coefficient (Wildman–Crippen LogP) is 2.02. The van der Waals surface area contributed by atoms with Crippen LogP contribution in [0.2, 0.25) is 0 Å². The molecule has 1 rings (SSSR count). The zero-order valence-electron chi connectivity index (χ0n) is 11.0. The molecule has 1 aliphatic heterocycles. The van der Waals surface area contributed by atoms with Gasteiger partial charge in [0.25, 0.3) is 0 Å². The fraction of sp³-hybridized carbons (Fsp3) is 1.00. The average molecular weight is 246 g/mol. The summed E-state index contributed by atoms with van der Waals surface area (Å²) in [6, 6.07) is 0. The first-order chi connectivity index (χ1) is 8.43. The van der Waals surface area contributed by atoms with Gasteiger partial charge in [-0.05, 0) is 6.42 Å². The molecule has 1 saturated heterocycles. The summed E-state index contributed by atoms with van der Waals surface area (Å²) >= 11 is 0. The number of hydrogen-bond acceptors (Lipinski definition) is 4. The van der Waals surface area contributed by atoms with Crippen molar-refractivity contribution in [1.29, 1.82) is 0 Å². The Labute approximate surface area is 105 Å². The first-order valence-electron chi connectivity index (χ1n) is 6.78. The largest absolute Gasteiger partial charge is 0.379 e. The fourth-order valence-electron chi connectivity index (χ4n) is 1.45. The summed E-state index contributed by atoms with van der Waals surface area (Å²) in [6.45, 7) is 7.28. The van der Waals surface area contributed by atoms with Crippen LogP contribution < -0.4 is 0 Å². The van der Waals surface area contributed by atoms with Gasteiger partial charge in [-0.3, -0.25) is 0 Å². The Morgan fingerprint density at radius 2 is 1.53 bits per heavy atom. The lowest BCUT2D eigenvalue weighted by atomic mass is 10.2. The third-order valence-electron chi connectivity index (χ3n) is 2.59. The van der Waals surface area contributed by atoms with Crippen molar-refractivity contribution in [3.05, 3.63) is 0 Å². The number of hydrogen-bond donors (Lipinski definition) is 0. The molecule has 1 unspecified atom stereocenters. The second-order valence-electron chi connectivity index (χ2n) is 4.32. The van der Waals surface area contributed by atoms with Gasteiger partial charge in [0.15, 0.2) is 0 Å². The van der Waals surface area contributed by atoms with Gasteiger partial charge in [-0.2, -0.15) is 0 Å². The standard InChI is InChI=1S/C13H26O4/c1-2-3-4-5-6-14-7-8-15-9-10-16-11-13-12-17-13/h13H,2-12H2,1H3. The Morgan fingerprint density at radius 1 is 0.882 bits per heavy atom. The van der Waals surface area contributed by atoms with Crippen molar-refractivity contribution in [3.8, 4) is 0 Å². The van der Waals surface area contributed by atoms with E-state index in [9.17, 15) is 0 Å². The third-order valence-corrected chi connectivity index (χ3v) is 2.59. The lowest BCUT2D eigenvalue weighted by Crippen LogP contribution is -2.11. The Hall–Kier alpha value is -0.160. The van der Waals surface area contributed by atoms with E-state index in [1.165, 1.54) is 25.7 Å². The van der Waals surface area contributed by atoms with Gasteiger partial charge in [0.1, 0.15) is 6.10 Å². The van der Waals surface area contributed by atoms with E-state index in [-0.39, 0.29) is 0 Å². The quantitative estimate of drug-likeness (QED) is 0.368. The van der Waals surface area contributed by atoms with Crippen molar-refractivity contribution in [1.82, 2.24) is 0 Å². The number of unbranched alkanes of at least 4 members (excludes halogenated alkanes) is 3.